The highest BCUT2D eigenvalue weighted by Gasteiger charge is 2.35. The Morgan fingerprint density at radius 2 is 1.87 bits per heavy atom. The second kappa shape index (κ2) is 3.32. The van der Waals surface area contributed by atoms with Crippen LogP contribution in [0.1, 0.15) is 70.8 Å². The van der Waals surface area contributed by atoms with E-state index >= 15 is 0 Å². The Labute approximate surface area is 91.9 Å². The van der Waals surface area contributed by atoms with Gasteiger partial charge in [-0.05, 0) is 26.7 Å². The maximum Gasteiger partial charge on any atom is 0.0915 e. The van der Waals surface area contributed by atoms with E-state index in [9.17, 15) is 0 Å². The second-order valence-corrected chi connectivity index (χ2v) is 5.89. The van der Waals surface area contributed by atoms with E-state index < -0.39 is 0 Å². The van der Waals surface area contributed by atoms with Gasteiger partial charge in [-0.2, -0.15) is 0 Å². The minimum Gasteiger partial charge on any atom is -0.246 e. The van der Waals surface area contributed by atoms with Crippen LogP contribution in [0, 0.1) is 0 Å². The zero-order chi connectivity index (χ0) is 11.2. The third-order valence-electron chi connectivity index (χ3n) is 2.89. The van der Waals surface area contributed by atoms with Gasteiger partial charge >= 0.3 is 0 Å². The van der Waals surface area contributed by atoms with E-state index in [1.165, 1.54) is 24.2 Å². The molecule has 0 spiro atoms. The van der Waals surface area contributed by atoms with Crippen molar-refractivity contribution in [3.05, 3.63) is 11.4 Å². The van der Waals surface area contributed by atoms with Gasteiger partial charge in [0.2, 0.25) is 0 Å². The van der Waals surface area contributed by atoms with Gasteiger partial charge in [-0.3, -0.25) is 0 Å². The molecule has 15 heavy (non-hydrogen) atoms. The Morgan fingerprint density at radius 3 is 2.27 bits per heavy atom. The lowest BCUT2D eigenvalue weighted by Gasteiger charge is -2.18. The summed E-state index contributed by atoms with van der Waals surface area (Å²) in [4.78, 5) is 0. The average molecular weight is 207 g/mol. The van der Waals surface area contributed by atoms with Gasteiger partial charge in [0.15, 0.2) is 0 Å². The van der Waals surface area contributed by atoms with Gasteiger partial charge in [0.25, 0.3) is 0 Å². The van der Waals surface area contributed by atoms with Crippen LogP contribution in [-0.4, -0.2) is 15.0 Å². The Kier molecular flexibility index (Phi) is 2.36. The van der Waals surface area contributed by atoms with Crippen molar-refractivity contribution in [1.29, 1.82) is 0 Å². The zero-order valence-electron chi connectivity index (χ0n) is 10.4. The van der Waals surface area contributed by atoms with E-state index in [0.717, 1.165) is 5.92 Å². The summed E-state index contributed by atoms with van der Waals surface area (Å²) in [6.07, 6.45) is 2.62. The zero-order valence-corrected chi connectivity index (χ0v) is 10.4. The number of aromatic nitrogens is 3. The van der Waals surface area contributed by atoms with Crippen LogP contribution in [0.3, 0.4) is 0 Å². The molecule has 0 saturated heterocycles. The first-order valence-electron chi connectivity index (χ1n) is 5.87. The van der Waals surface area contributed by atoms with Gasteiger partial charge in [-0.1, -0.05) is 26.0 Å². The first kappa shape index (κ1) is 10.7. The molecule has 0 unspecified atom stereocenters. The predicted octanol–water partition coefficient (Wildman–Crippen LogP) is 3.03. The van der Waals surface area contributed by atoms with E-state index in [1.807, 2.05) is 0 Å². The molecule has 3 heteroatoms. The molecule has 0 aromatic carbocycles. The Morgan fingerprint density at radius 1 is 1.27 bits per heavy atom. The maximum absolute atomic E-state index is 4.38. The van der Waals surface area contributed by atoms with Crippen molar-refractivity contribution in [1.82, 2.24) is 15.0 Å². The molecule has 2 rings (SSSR count). The lowest BCUT2D eigenvalue weighted by molar-refractivity contribution is 0.493. The van der Waals surface area contributed by atoms with Crippen LogP contribution in [-0.2, 0) is 5.41 Å². The number of hydrogen-bond donors (Lipinski definition) is 0. The Hall–Kier alpha value is -0.860. The third-order valence-corrected chi connectivity index (χ3v) is 2.89. The normalized spacial score (nSPS) is 17.5. The summed E-state index contributed by atoms with van der Waals surface area (Å²) in [7, 11) is 0. The van der Waals surface area contributed by atoms with E-state index in [4.69, 9.17) is 0 Å². The molecule has 0 atom stereocenters. The molecule has 1 aromatic rings. The topological polar surface area (TPSA) is 30.7 Å². The highest BCUT2D eigenvalue weighted by Crippen LogP contribution is 2.44. The first-order valence-corrected chi connectivity index (χ1v) is 5.87. The molecule has 1 heterocycles. The van der Waals surface area contributed by atoms with E-state index in [-0.39, 0.29) is 5.41 Å². The molecule has 1 fully saturated rings. The fourth-order valence-corrected chi connectivity index (χ4v) is 1.95. The monoisotopic (exact) mass is 207 g/mol. The van der Waals surface area contributed by atoms with E-state index in [2.05, 4.69) is 49.6 Å². The highest BCUT2D eigenvalue weighted by molar-refractivity contribution is 5.26. The van der Waals surface area contributed by atoms with Gasteiger partial charge in [-0.15, -0.1) is 5.10 Å². The van der Waals surface area contributed by atoms with Crippen LogP contribution >= 0.6 is 0 Å². The fraction of sp³-hybridized carbons (Fsp3) is 0.833. The van der Waals surface area contributed by atoms with E-state index in [1.54, 1.807) is 0 Å². The number of hydrogen-bond acceptors (Lipinski definition) is 2. The molecule has 1 aromatic heterocycles. The third kappa shape index (κ3) is 1.92. The summed E-state index contributed by atoms with van der Waals surface area (Å²) in [5, 5.41) is 8.69. The van der Waals surface area contributed by atoms with Crippen molar-refractivity contribution in [3.8, 4) is 0 Å². The molecule has 1 aliphatic carbocycles. The van der Waals surface area contributed by atoms with Gasteiger partial charge in [0.1, 0.15) is 0 Å². The SMILES string of the molecule is CC(C)n1nnc(C(C)(C)C)c1C1CC1. The summed E-state index contributed by atoms with van der Waals surface area (Å²) in [5.74, 6) is 0.719. The van der Waals surface area contributed by atoms with Crippen LogP contribution in [0.15, 0.2) is 0 Å². The fourth-order valence-electron chi connectivity index (χ4n) is 1.95. The van der Waals surface area contributed by atoms with Gasteiger partial charge in [0, 0.05) is 17.4 Å². The highest BCUT2D eigenvalue weighted by atomic mass is 15.4. The molecule has 0 bridgehead atoms. The summed E-state index contributed by atoms with van der Waals surface area (Å²) in [6, 6.07) is 0.421. The smallest absolute Gasteiger partial charge is 0.0915 e. The van der Waals surface area contributed by atoms with Crippen molar-refractivity contribution in [2.45, 2.75) is 64.8 Å². The van der Waals surface area contributed by atoms with Crippen LogP contribution in [0.2, 0.25) is 0 Å². The molecule has 0 radical (unpaired) electrons. The molecule has 84 valence electrons. The van der Waals surface area contributed by atoms with Crippen LogP contribution in [0.5, 0.6) is 0 Å². The minimum atomic E-state index is 0.116. The van der Waals surface area contributed by atoms with Crippen molar-refractivity contribution in [2.24, 2.45) is 0 Å². The standard InChI is InChI=1S/C12H21N3/c1-8(2)15-10(9-6-7-9)11(13-14-15)12(3,4)5/h8-9H,6-7H2,1-5H3. The minimum absolute atomic E-state index is 0.116. The molecule has 0 aliphatic heterocycles. The number of rotatable bonds is 2. The molecule has 0 N–H and O–H groups in total. The first-order chi connectivity index (χ1) is 6.91. The summed E-state index contributed by atoms with van der Waals surface area (Å²) < 4.78 is 2.11. The quantitative estimate of drug-likeness (QED) is 0.746. The van der Waals surface area contributed by atoms with Crippen molar-refractivity contribution in [2.75, 3.05) is 0 Å². The Balaban J connectivity index is 2.47. The number of nitrogens with zero attached hydrogens (tertiary/aromatic N) is 3. The molecule has 1 aliphatic rings. The molecule has 1 saturated carbocycles. The van der Waals surface area contributed by atoms with Gasteiger partial charge in [-0.25, -0.2) is 4.68 Å². The van der Waals surface area contributed by atoms with Gasteiger partial charge in [0.05, 0.1) is 11.4 Å². The molecule has 3 nitrogen and oxygen atoms in total. The lowest BCUT2D eigenvalue weighted by Crippen LogP contribution is -2.16. The van der Waals surface area contributed by atoms with E-state index in [0.29, 0.717) is 6.04 Å². The lowest BCUT2D eigenvalue weighted by atomic mass is 9.89. The molecule has 0 amide bonds. The summed E-state index contributed by atoms with van der Waals surface area (Å²) in [5.41, 5.74) is 2.70. The van der Waals surface area contributed by atoms with Crippen molar-refractivity contribution in [3.63, 3.8) is 0 Å². The van der Waals surface area contributed by atoms with Gasteiger partial charge < -0.3 is 0 Å². The average Bonchev–Trinajstić information content (AvgIpc) is 2.81. The predicted molar refractivity (Wildman–Crippen MR) is 61.1 cm³/mol. The summed E-state index contributed by atoms with van der Waals surface area (Å²) in [6.45, 7) is 11.0. The van der Waals surface area contributed by atoms with Crippen LogP contribution in [0.25, 0.3) is 0 Å². The molecular weight excluding hydrogens is 186 g/mol. The maximum atomic E-state index is 4.38. The van der Waals surface area contributed by atoms with Crippen LogP contribution in [0.4, 0.5) is 0 Å². The van der Waals surface area contributed by atoms with Crippen molar-refractivity contribution >= 4 is 0 Å². The largest absolute Gasteiger partial charge is 0.246 e. The summed E-state index contributed by atoms with van der Waals surface area (Å²) >= 11 is 0. The van der Waals surface area contributed by atoms with Crippen LogP contribution < -0.4 is 0 Å². The second-order valence-electron chi connectivity index (χ2n) is 5.89. The molecular formula is C12H21N3. The Bertz CT molecular complexity index is 353. The van der Waals surface area contributed by atoms with Crippen molar-refractivity contribution < 1.29 is 0 Å².